The van der Waals surface area contributed by atoms with Gasteiger partial charge in [0.1, 0.15) is 0 Å². The van der Waals surface area contributed by atoms with Crippen LogP contribution in [-0.2, 0) is 4.79 Å². The first-order valence-electron chi connectivity index (χ1n) is 8.59. The molecule has 2 fully saturated rings. The van der Waals surface area contributed by atoms with E-state index in [2.05, 4.69) is 39.7 Å². The van der Waals surface area contributed by atoms with Gasteiger partial charge in [-0.1, -0.05) is 0 Å². The van der Waals surface area contributed by atoms with Crippen molar-refractivity contribution in [3.63, 3.8) is 0 Å². The first-order chi connectivity index (χ1) is 10.6. The summed E-state index contributed by atoms with van der Waals surface area (Å²) in [6, 6.07) is 1.12. The van der Waals surface area contributed by atoms with Gasteiger partial charge in [-0.3, -0.25) is 9.79 Å². The number of rotatable bonds is 6. The summed E-state index contributed by atoms with van der Waals surface area (Å²) in [6.07, 6.45) is 4.41. The first-order valence-corrected chi connectivity index (χ1v) is 8.59. The summed E-state index contributed by atoms with van der Waals surface area (Å²) in [5.41, 5.74) is 0. The Morgan fingerprint density at radius 2 is 1.74 bits per heavy atom. The van der Waals surface area contributed by atoms with Crippen LogP contribution in [0.15, 0.2) is 4.99 Å². The van der Waals surface area contributed by atoms with E-state index in [1.54, 1.807) is 7.05 Å². The SMILES string of the molecule is CN=C(NCCNC(=O)C1CC1)NC1CCN(C(C)C)CC1.I. The molecule has 0 spiro atoms. The Hall–Kier alpha value is -0.570. The molecule has 1 amide bonds. The van der Waals surface area contributed by atoms with Gasteiger partial charge in [0.05, 0.1) is 0 Å². The second kappa shape index (κ2) is 10.3. The van der Waals surface area contributed by atoms with Crippen LogP contribution in [0.3, 0.4) is 0 Å². The number of nitrogens with zero attached hydrogens (tertiary/aromatic N) is 2. The summed E-state index contributed by atoms with van der Waals surface area (Å²) < 4.78 is 0. The molecule has 0 atom stereocenters. The van der Waals surface area contributed by atoms with Gasteiger partial charge in [0.15, 0.2) is 5.96 Å². The van der Waals surface area contributed by atoms with Crippen LogP contribution in [0.1, 0.15) is 39.5 Å². The molecule has 1 heterocycles. The molecule has 1 aliphatic heterocycles. The highest BCUT2D eigenvalue weighted by atomic mass is 127. The van der Waals surface area contributed by atoms with Gasteiger partial charge >= 0.3 is 0 Å². The van der Waals surface area contributed by atoms with Crippen molar-refractivity contribution in [2.24, 2.45) is 10.9 Å². The van der Waals surface area contributed by atoms with Crippen LogP contribution in [0.2, 0.25) is 0 Å². The predicted molar refractivity (Wildman–Crippen MR) is 105 cm³/mol. The Morgan fingerprint density at radius 3 is 2.26 bits per heavy atom. The first kappa shape index (κ1) is 20.5. The molecule has 0 unspecified atom stereocenters. The largest absolute Gasteiger partial charge is 0.355 e. The molecule has 1 aliphatic carbocycles. The van der Waals surface area contributed by atoms with E-state index in [1.807, 2.05) is 0 Å². The van der Waals surface area contributed by atoms with E-state index in [-0.39, 0.29) is 35.8 Å². The minimum Gasteiger partial charge on any atom is -0.355 e. The van der Waals surface area contributed by atoms with Crippen LogP contribution in [0.5, 0.6) is 0 Å². The highest BCUT2D eigenvalue weighted by Crippen LogP contribution is 2.28. The lowest BCUT2D eigenvalue weighted by Crippen LogP contribution is -2.50. The van der Waals surface area contributed by atoms with E-state index in [4.69, 9.17) is 0 Å². The van der Waals surface area contributed by atoms with Crippen molar-refractivity contribution < 1.29 is 4.79 Å². The molecule has 2 aliphatic rings. The van der Waals surface area contributed by atoms with Gasteiger partial charge in [0, 0.05) is 51.2 Å². The van der Waals surface area contributed by atoms with Crippen molar-refractivity contribution in [3.05, 3.63) is 0 Å². The van der Waals surface area contributed by atoms with Gasteiger partial charge in [0.25, 0.3) is 0 Å². The Bertz CT molecular complexity index is 390. The lowest BCUT2D eigenvalue weighted by molar-refractivity contribution is -0.122. The monoisotopic (exact) mass is 437 g/mol. The summed E-state index contributed by atoms with van der Waals surface area (Å²) in [5, 5.41) is 9.72. The van der Waals surface area contributed by atoms with Crippen LogP contribution < -0.4 is 16.0 Å². The number of hydrogen-bond acceptors (Lipinski definition) is 3. The third-order valence-electron chi connectivity index (χ3n) is 4.49. The van der Waals surface area contributed by atoms with Gasteiger partial charge in [-0.25, -0.2) is 0 Å². The normalized spacial score (nSPS) is 20.1. The van der Waals surface area contributed by atoms with E-state index in [0.29, 0.717) is 25.2 Å². The van der Waals surface area contributed by atoms with Crippen LogP contribution >= 0.6 is 24.0 Å². The maximum atomic E-state index is 11.5. The number of carbonyl (C=O) groups excluding carboxylic acids is 1. The molecule has 6 nitrogen and oxygen atoms in total. The number of piperidine rings is 1. The highest BCUT2D eigenvalue weighted by molar-refractivity contribution is 14.0. The zero-order valence-electron chi connectivity index (χ0n) is 14.6. The average molecular weight is 437 g/mol. The van der Waals surface area contributed by atoms with Crippen molar-refractivity contribution in [2.75, 3.05) is 33.2 Å². The molecule has 0 radical (unpaired) electrons. The molecule has 7 heteroatoms. The Labute approximate surface area is 157 Å². The molecule has 23 heavy (non-hydrogen) atoms. The fraction of sp³-hybridized carbons (Fsp3) is 0.875. The maximum Gasteiger partial charge on any atom is 0.223 e. The van der Waals surface area contributed by atoms with Crippen LogP contribution in [-0.4, -0.2) is 62.1 Å². The third kappa shape index (κ3) is 7.24. The number of nitrogens with one attached hydrogen (secondary N) is 3. The minimum atomic E-state index is 0. The minimum absolute atomic E-state index is 0. The molecule has 1 saturated heterocycles. The number of aliphatic imine (C=N–C) groups is 1. The molecule has 0 aromatic carbocycles. The quantitative estimate of drug-likeness (QED) is 0.253. The smallest absolute Gasteiger partial charge is 0.223 e. The number of amides is 1. The van der Waals surface area contributed by atoms with Crippen LogP contribution in [0.4, 0.5) is 0 Å². The lowest BCUT2D eigenvalue weighted by Gasteiger charge is -2.35. The van der Waals surface area contributed by atoms with Gasteiger partial charge in [-0.15, -0.1) is 24.0 Å². The number of guanidine groups is 1. The number of hydrogen-bond donors (Lipinski definition) is 3. The molecule has 2 rings (SSSR count). The van der Waals surface area contributed by atoms with E-state index >= 15 is 0 Å². The van der Waals surface area contributed by atoms with Crippen molar-refractivity contribution in [2.45, 2.75) is 51.6 Å². The number of carbonyl (C=O) groups is 1. The second-order valence-corrected chi connectivity index (χ2v) is 6.61. The molecule has 1 saturated carbocycles. The van der Waals surface area contributed by atoms with Gasteiger partial charge in [0.2, 0.25) is 5.91 Å². The van der Waals surface area contributed by atoms with E-state index in [1.165, 1.54) is 0 Å². The van der Waals surface area contributed by atoms with Gasteiger partial charge in [-0.2, -0.15) is 0 Å². The molecule has 3 N–H and O–H groups in total. The summed E-state index contributed by atoms with van der Waals surface area (Å²) in [5.74, 6) is 1.32. The highest BCUT2D eigenvalue weighted by Gasteiger charge is 2.29. The number of halogens is 1. The summed E-state index contributed by atoms with van der Waals surface area (Å²) in [7, 11) is 1.79. The van der Waals surface area contributed by atoms with Crippen LogP contribution in [0, 0.1) is 5.92 Å². The fourth-order valence-corrected chi connectivity index (χ4v) is 2.80. The van der Waals surface area contributed by atoms with Gasteiger partial charge in [-0.05, 0) is 39.5 Å². The molecule has 134 valence electrons. The van der Waals surface area contributed by atoms with Crippen molar-refractivity contribution in [3.8, 4) is 0 Å². The maximum absolute atomic E-state index is 11.5. The molecule has 0 aromatic rings. The Balaban J connectivity index is 0.00000264. The van der Waals surface area contributed by atoms with E-state index in [0.717, 1.165) is 44.7 Å². The Morgan fingerprint density at radius 1 is 1.13 bits per heavy atom. The zero-order valence-corrected chi connectivity index (χ0v) is 16.9. The standard InChI is InChI=1S/C16H31N5O.HI/c1-12(2)21-10-6-14(7-11-21)20-16(17-3)19-9-8-18-15(22)13-4-5-13;/h12-14H,4-11H2,1-3H3,(H,18,22)(H2,17,19,20);1H. The molecular weight excluding hydrogens is 405 g/mol. The summed E-state index contributed by atoms with van der Waals surface area (Å²) in [6.45, 7) is 8.16. The third-order valence-corrected chi connectivity index (χ3v) is 4.49. The lowest BCUT2D eigenvalue weighted by atomic mass is 10.0. The predicted octanol–water partition coefficient (Wildman–Crippen LogP) is 1.17. The summed E-state index contributed by atoms with van der Waals surface area (Å²) in [4.78, 5) is 18.3. The van der Waals surface area contributed by atoms with E-state index < -0.39 is 0 Å². The van der Waals surface area contributed by atoms with Crippen molar-refractivity contribution >= 4 is 35.8 Å². The van der Waals surface area contributed by atoms with Crippen LogP contribution in [0.25, 0.3) is 0 Å². The van der Waals surface area contributed by atoms with Gasteiger partial charge < -0.3 is 20.9 Å². The average Bonchev–Trinajstić information content (AvgIpc) is 3.35. The fourth-order valence-electron chi connectivity index (χ4n) is 2.80. The second-order valence-electron chi connectivity index (χ2n) is 6.61. The zero-order chi connectivity index (χ0) is 15.9. The van der Waals surface area contributed by atoms with E-state index in [9.17, 15) is 4.79 Å². The summed E-state index contributed by atoms with van der Waals surface area (Å²) >= 11 is 0. The van der Waals surface area contributed by atoms with Crippen molar-refractivity contribution in [1.29, 1.82) is 0 Å². The molecular formula is C16H32IN5O. The topological polar surface area (TPSA) is 68.8 Å². The molecule has 0 aromatic heterocycles. The van der Waals surface area contributed by atoms with Crippen molar-refractivity contribution in [1.82, 2.24) is 20.9 Å². The Kier molecular flexibility index (Phi) is 9.19. The number of likely N-dealkylation sites (tertiary alicyclic amines) is 1. The molecule has 0 bridgehead atoms.